The monoisotopic (exact) mass is 372 g/mol. The van der Waals surface area contributed by atoms with Crippen LogP contribution in [0, 0.1) is 0 Å². The Morgan fingerprint density at radius 2 is 2.04 bits per heavy atom. The molecule has 0 fully saturated rings. The number of hydrogen-bond acceptors (Lipinski definition) is 7. The van der Waals surface area contributed by atoms with Crippen molar-refractivity contribution in [2.45, 2.75) is 6.61 Å². The standard InChI is InChI=1S/C18H16N2O5S/c1-20(18(22)23-2)14-7-4-3-6-13(14)17(21)25-11-12-10-24-16(19-12)15-8-5-9-26-15/h3-10H,11H2,1-2H3. The maximum atomic E-state index is 12.4. The van der Waals surface area contributed by atoms with Gasteiger partial charge < -0.3 is 13.9 Å². The molecule has 1 aromatic carbocycles. The second-order valence-corrected chi connectivity index (χ2v) is 6.19. The molecule has 8 heteroatoms. The third kappa shape index (κ3) is 3.75. The van der Waals surface area contributed by atoms with Gasteiger partial charge in [-0.25, -0.2) is 14.6 Å². The molecule has 2 heterocycles. The average molecular weight is 372 g/mol. The zero-order valence-electron chi connectivity index (χ0n) is 14.2. The van der Waals surface area contributed by atoms with Gasteiger partial charge in [-0.1, -0.05) is 18.2 Å². The lowest BCUT2D eigenvalue weighted by Crippen LogP contribution is -2.27. The second-order valence-electron chi connectivity index (χ2n) is 5.24. The molecule has 3 rings (SSSR count). The third-order valence-electron chi connectivity index (χ3n) is 3.57. The molecule has 26 heavy (non-hydrogen) atoms. The SMILES string of the molecule is COC(=O)N(C)c1ccccc1C(=O)OCc1coc(-c2cccs2)n1. The highest BCUT2D eigenvalue weighted by Gasteiger charge is 2.20. The zero-order chi connectivity index (χ0) is 18.5. The number of amides is 1. The fraction of sp³-hybridized carbons (Fsp3) is 0.167. The van der Waals surface area contributed by atoms with Gasteiger partial charge in [0.2, 0.25) is 5.89 Å². The maximum Gasteiger partial charge on any atom is 0.413 e. The van der Waals surface area contributed by atoms with Gasteiger partial charge in [-0.3, -0.25) is 4.90 Å². The lowest BCUT2D eigenvalue weighted by Gasteiger charge is -2.18. The average Bonchev–Trinajstić information content (AvgIpc) is 3.36. The highest BCUT2D eigenvalue weighted by atomic mass is 32.1. The molecule has 0 saturated heterocycles. The van der Waals surface area contributed by atoms with E-state index < -0.39 is 12.1 Å². The quantitative estimate of drug-likeness (QED) is 0.631. The van der Waals surface area contributed by atoms with Crippen molar-refractivity contribution in [1.82, 2.24) is 4.98 Å². The molecule has 0 aliphatic rings. The lowest BCUT2D eigenvalue weighted by atomic mass is 10.1. The molecule has 0 atom stereocenters. The van der Waals surface area contributed by atoms with Crippen LogP contribution >= 0.6 is 11.3 Å². The van der Waals surface area contributed by atoms with Crippen LogP contribution in [-0.4, -0.2) is 31.2 Å². The van der Waals surface area contributed by atoms with Crippen LogP contribution in [0.25, 0.3) is 10.8 Å². The Morgan fingerprint density at radius 1 is 1.23 bits per heavy atom. The van der Waals surface area contributed by atoms with Crippen LogP contribution in [0.3, 0.4) is 0 Å². The van der Waals surface area contributed by atoms with E-state index >= 15 is 0 Å². The molecular formula is C18H16N2O5S. The van der Waals surface area contributed by atoms with Gasteiger partial charge in [-0.05, 0) is 23.6 Å². The maximum absolute atomic E-state index is 12.4. The van der Waals surface area contributed by atoms with Crippen molar-refractivity contribution < 1.29 is 23.5 Å². The lowest BCUT2D eigenvalue weighted by molar-refractivity contribution is 0.0468. The molecule has 0 saturated carbocycles. The van der Waals surface area contributed by atoms with Crippen molar-refractivity contribution in [2.24, 2.45) is 0 Å². The van der Waals surface area contributed by atoms with Gasteiger partial charge in [0.1, 0.15) is 18.6 Å². The number of rotatable bonds is 5. The van der Waals surface area contributed by atoms with E-state index in [0.29, 0.717) is 17.3 Å². The van der Waals surface area contributed by atoms with Crippen LogP contribution < -0.4 is 4.90 Å². The fourth-order valence-corrected chi connectivity index (χ4v) is 2.93. The number of methoxy groups -OCH3 is 1. The van der Waals surface area contributed by atoms with Crippen molar-refractivity contribution in [3.05, 3.63) is 59.3 Å². The molecule has 2 aromatic heterocycles. The number of nitrogens with zero attached hydrogens (tertiary/aromatic N) is 2. The molecule has 3 aromatic rings. The van der Waals surface area contributed by atoms with E-state index in [0.717, 1.165) is 4.88 Å². The Kier molecular flexibility index (Phi) is 5.33. The summed E-state index contributed by atoms with van der Waals surface area (Å²) in [7, 11) is 2.79. The minimum Gasteiger partial charge on any atom is -0.455 e. The largest absolute Gasteiger partial charge is 0.455 e. The van der Waals surface area contributed by atoms with E-state index in [1.165, 1.54) is 36.7 Å². The van der Waals surface area contributed by atoms with Crippen molar-refractivity contribution in [3.8, 4) is 10.8 Å². The summed E-state index contributed by atoms with van der Waals surface area (Å²) in [6, 6.07) is 10.4. The van der Waals surface area contributed by atoms with Crippen molar-refractivity contribution >= 4 is 29.1 Å². The van der Waals surface area contributed by atoms with Gasteiger partial charge >= 0.3 is 12.1 Å². The number of ether oxygens (including phenoxy) is 2. The summed E-state index contributed by atoms with van der Waals surface area (Å²) in [6.07, 6.45) is 0.872. The minimum absolute atomic E-state index is 0.0377. The van der Waals surface area contributed by atoms with Gasteiger partial charge in [0, 0.05) is 7.05 Å². The summed E-state index contributed by atoms with van der Waals surface area (Å²) in [4.78, 5) is 30.6. The predicted octanol–water partition coefficient (Wildman–Crippen LogP) is 3.96. The summed E-state index contributed by atoms with van der Waals surface area (Å²) in [5, 5.41) is 1.92. The van der Waals surface area contributed by atoms with Crippen LogP contribution in [0.5, 0.6) is 0 Å². The fourth-order valence-electron chi connectivity index (χ4n) is 2.28. The molecule has 0 spiro atoms. The summed E-state index contributed by atoms with van der Waals surface area (Å²) >= 11 is 1.51. The highest BCUT2D eigenvalue weighted by Crippen LogP contribution is 2.24. The van der Waals surface area contributed by atoms with Crippen LogP contribution in [-0.2, 0) is 16.1 Å². The molecule has 0 aliphatic carbocycles. The number of para-hydroxylation sites is 1. The normalized spacial score (nSPS) is 10.4. The Bertz CT molecular complexity index is 904. The minimum atomic E-state index is -0.581. The first-order valence-corrected chi connectivity index (χ1v) is 8.54. The Labute approximate surface area is 153 Å². The first-order valence-electron chi connectivity index (χ1n) is 7.66. The highest BCUT2D eigenvalue weighted by molar-refractivity contribution is 7.13. The van der Waals surface area contributed by atoms with Gasteiger partial charge in [-0.2, -0.15) is 0 Å². The van der Waals surface area contributed by atoms with E-state index in [9.17, 15) is 9.59 Å². The number of carbonyl (C=O) groups excluding carboxylic acids is 2. The number of carbonyl (C=O) groups is 2. The van der Waals surface area contributed by atoms with Crippen LogP contribution in [0.15, 0.2) is 52.5 Å². The smallest absolute Gasteiger partial charge is 0.413 e. The number of hydrogen-bond donors (Lipinski definition) is 0. The van der Waals surface area contributed by atoms with Crippen molar-refractivity contribution in [1.29, 1.82) is 0 Å². The number of esters is 1. The van der Waals surface area contributed by atoms with Crippen LogP contribution in [0.4, 0.5) is 10.5 Å². The number of benzene rings is 1. The molecule has 7 nitrogen and oxygen atoms in total. The van der Waals surface area contributed by atoms with Crippen LogP contribution in [0.1, 0.15) is 16.1 Å². The molecule has 1 amide bonds. The van der Waals surface area contributed by atoms with E-state index in [4.69, 9.17) is 9.15 Å². The molecule has 0 unspecified atom stereocenters. The molecule has 0 N–H and O–H groups in total. The van der Waals surface area contributed by atoms with Gasteiger partial charge in [0.05, 0.1) is 23.2 Å². The van der Waals surface area contributed by atoms with Crippen LogP contribution in [0.2, 0.25) is 0 Å². The van der Waals surface area contributed by atoms with Gasteiger partial charge in [0.15, 0.2) is 0 Å². The number of aromatic nitrogens is 1. The van der Waals surface area contributed by atoms with E-state index in [1.807, 2.05) is 17.5 Å². The first-order chi connectivity index (χ1) is 12.6. The third-order valence-corrected chi connectivity index (χ3v) is 4.43. The zero-order valence-corrected chi connectivity index (χ0v) is 15.0. The molecular weight excluding hydrogens is 356 g/mol. The van der Waals surface area contributed by atoms with E-state index in [2.05, 4.69) is 9.72 Å². The Balaban J connectivity index is 1.70. The first kappa shape index (κ1) is 17.7. The van der Waals surface area contributed by atoms with Gasteiger partial charge in [0.25, 0.3) is 0 Å². The number of oxazole rings is 1. The summed E-state index contributed by atoms with van der Waals surface area (Å²) in [5.74, 6) is -0.0890. The van der Waals surface area contributed by atoms with E-state index in [-0.39, 0.29) is 12.2 Å². The molecule has 0 aliphatic heterocycles. The van der Waals surface area contributed by atoms with Crippen molar-refractivity contribution in [3.63, 3.8) is 0 Å². The van der Waals surface area contributed by atoms with Gasteiger partial charge in [-0.15, -0.1) is 11.3 Å². The molecule has 0 radical (unpaired) electrons. The van der Waals surface area contributed by atoms with Crippen molar-refractivity contribution in [2.75, 3.05) is 19.1 Å². The molecule has 0 bridgehead atoms. The summed E-state index contributed by atoms with van der Waals surface area (Å²) in [5.41, 5.74) is 1.15. The number of thiophene rings is 1. The predicted molar refractivity (Wildman–Crippen MR) is 96.2 cm³/mol. The molecule has 134 valence electrons. The van der Waals surface area contributed by atoms with E-state index in [1.54, 1.807) is 24.3 Å². The topological polar surface area (TPSA) is 81.9 Å². The number of anilines is 1. The summed E-state index contributed by atoms with van der Waals surface area (Å²) in [6.45, 7) is -0.0377. The summed E-state index contributed by atoms with van der Waals surface area (Å²) < 4.78 is 15.4. The second kappa shape index (κ2) is 7.83. The Hall–Kier alpha value is -3.13. The Morgan fingerprint density at radius 3 is 2.77 bits per heavy atom.